The van der Waals surface area contributed by atoms with Crippen molar-refractivity contribution in [3.63, 3.8) is 0 Å². The molecule has 0 amide bonds. The van der Waals surface area contributed by atoms with Crippen molar-refractivity contribution in [2.24, 2.45) is 0 Å². The van der Waals surface area contributed by atoms with Crippen LogP contribution in [0.3, 0.4) is 0 Å². The van der Waals surface area contributed by atoms with E-state index in [1.807, 2.05) is 0 Å². The summed E-state index contributed by atoms with van der Waals surface area (Å²) in [4.78, 5) is 14.7. The predicted molar refractivity (Wildman–Crippen MR) is 57.2 cm³/mol. The van der Waals surface area contributed by atoms with Gasteiger partial charge in [0.2, 0.25) is 0 Å². The lowest BCUT2D eigenvalue weighted by atomic mass is 10.3. The van der Waals surface area contributed by atoms with Crippen LogP contribution in [0, 0.1) is 5.82 Å². The molecule has 0 aliphatic carbocycles. The second-order valence-electron chi connectivity index (χ2n) is 3.24. The smallest absolute Gasteiger partial charge is 0.307 e. The molecule has 4 nitrogen and oxygen atoms in total. The van der Waals surface area contributed by atoms with Gasteiger partial charge in [-0.3, -0.25) is 9.78 Å². The van der Waals surface area contributed by atoms with Crippen LogP contribution >= 0.6 is 0 Å². The number of nitrogens with zero attached hydrogens (tertiary/aromatic N) is 1. The first-order valence-corrected chi connectivity index (χ1v) is 5.18. The van der Waals surface area contributed by atoms with E-state index in [2.05, 4.69) is 10.3 Å². The number of halogens is 1. The van der Waals surface area contributed by atoms with Crippen LogP contribution in [0.2, 0.25) is 0 Å². The summed E-state index contributed by atoms with van der Waals surface area (Å²) >= 11 is 0. The number of carbonyl (C=O) groups is 1. The summed E-state index contributed by atoms with van der Waals surface area (Å²) in [5.74, 6) is -0.586. The van der Waals surface area contributed by atoms with Crippen molar-refractivity contribution < 1.29 is 13.9 Å². The van der Waals surface area contributed by atoms with Gasteiger partial charge in [0.25, 0.3) is 0 Å². The molecule has 1 heterocycles. The van der Waals surface area contributed by atoms with Crippen molar-refractivity contribution in [1.29, 1.82) is 0 Å². The maximum absolute atomic E-state index is 12.7. The minimum atomic E-state index is -0.357. The second-order valence-corrected chi connectivity index (χ2v) is 3.24. The van der Waals surface area contributed by atoms with Crippen LogP contribution in [0.15, 0.2) is 18.5 Å². The molecule has 0 bridgehead atoms. The maximum Gasteiger partial charge on any atom is 0.307 e. The van der Waals surface area contributed by atoms with Crippen LogP contribution < -0.4 is 5.32 Å². The van der Waals surface area contributed by atoms with E-state index in [0.717, 1.165) is 11.8 Å². The molecule has 1 aromatic heterocycles. The minimum Gasteiger partial charge on any atom is -0.466 e. The van der Waals surface area contributed by atoms with Gasteiger partial charge < -0.3 is 10.1 Å². The maximum atomic E-state index is 12.7. The van der Waals surface area contributed by atoms with E-state index in [4.69, 9.17) is 4.74 Å². The Morgan fingerprint density at radius 2 is 2.38 bits per heavy atom. The molecule has 88 valence electrons. The van der Waals surface area contributed by atoms with Gasteiger partial charge in [0.1, 0.15) is 5.82 Å². The van der Waals surface area contributed by atoms with Crippen molar-refractivity contribution >= 4 is 5.97 Å². The number of hydrogen-bond donors (Lipinski definition) is 1. The van der Waals surface area contributed by atoms with E-state index in [1.54, 1.807) is 13.1 Å². The fourth-order valence-corrected chi connectivity index (χ4v) is 1.21. The largest absolute Gasteiger partial charge is 0.466 e. The lowest BCUT2D eigenvalue weighted by molar-refractivity contribution is -0.142. The molecule has 16 heavy (non-hydrogen) atoms. The Hall–Kier alpha value is -1.49. The first-order valence-electron chi connectivity index (χ1n) is 5.18. The Kier molecular flexibility index (Phi) is 5.42. The third kappa shape index (κ3) is 4.84. The number of rotatable bonds is 6. The Morgan fingerprint density at radius 1 is 1.56 bits per heavy atom. The summed E-state index contributed by atoms with van der Waals surface area (Å²) in [5.41, 5.74) is 0.754. The first kappa shape index (κ1) is 12.6. The van der Waals surface area contributed by atoms with Gasteiger partial charge in [-0.05, 0) is 18.6 Å². The van der Waals surface area contributed by atoms with Gasteiger partial charge in [0.15, 0.2) is 0 Å². The van der Waals surface area contributed by atoms with Gasteiger partial charge in [0, 0.05) is 19.3 Å². The average Bonchev–Trinajstić information content (AvgIpc) is 2.25. The Morgan fingerprint density at radius 3 is 3.06 bits per heavy atom. The summed E-state index contributed by atoms with van der Waals surface area (Å²) in [6.45, 7) is 3.16. The SMILES string of the molecule is CCOC(=O)CCNCc1cncc(F)c1. The molecule has 0 aromatic carbocycles. The molecule has 1 aromatic rings. The number of aromatic nitrogens is 1. The van der Waals surface area contributed by atoms with Crippen molar-refractivity contribution in [1.82, 2.24) is 10.3 Å². The quantitative estimate of drug-likeness (QED) is 0.586. The molecular weight excluding hydrogens is 211 g/mol. The Bertz CT molecular complexity index is 345. The van der Waals surface area contributed by atoms with Gasteiger partial charge >= 0.3 is 5.97 Å². The van der Waals surface area contributed by atoms with E-state index < -0.39 is 0 Å². The normalized spacial score (nSPS) is 10.1. The van der Waals surface area contributed by atoms with Gasteiger partial charge in [-0.15, -0.1) is 0 Å². The van der Waals surface area contributed by atoms with Crippen molar-refractivity contribution in [3.05, 3.63) is 29.8 Å². The van der Waals surface area contributed by atoms with E-state index in [9.17, 15) is 9.18 Å². The van der Waals surface area contributed by atoms with Crippen molar-refractivity contribution in [3.8, 4) is 0 Å². The monoisotopic (exact) mass is 226 g/mol. The third-order valence-electron chi connectivity index (χ3n) is 1.90. The number of pyridine rings is 1. The number of ether oxygens (including phenoxy) is 1. The zero-order chi connectivity index (χ0) is 11.8. The number of hydrogen-bond acceptors (Lipinski definition) is 4. The summed E-state index contributed by atoms with van der Waals surface area (Å²) in [6, 6.07) is 1.41. The molecule has 0 unspecified atom stereocenters. The predicted octanol–water partition coefficient (Wildman–Crippen LogP) is 1.26. The highest BCUT2D eigenvalue weighted by molar-refractivity contribution is 5.69. The lowest BCUT2D eigenvalue weighted by Gasteiger charge is -2.04. The molecule has 0 saturated heterocycles. The average molecular weight is 226 g/mol. The highest BCUT2D eigenvalue weighted by Crippen LogP contribution is 1.99. The fourth-order valence-electron chi connectivity index (χ4n) is 1.21. The molecule has 0 fully saturated rings. The van der Waals surface area contributed by atoms with E-state index in [0.29, 0.717) is 26.1 Å². The van der Waals surface area contributed by atoms with Gasteiger partial charge in [-0.25, -0.2) is 4.39 Å². The molecule has 5 heteroatoms. The van der Waals surface area contributed by atoms with Crippen LogP contribution in [-0.4, -0.2) is 24.1 Å². The molecule has 0 saturated carbocycles. The van der Waals surface area contributed by atoms with E-state index in [-0.39, 0.29) is 11.8 Å². The zero-order valence-corrected chi connectivity index (χ0v) is 9.20. The Balaban J connectivity index is 2.18. The van der Waals surface area contributed by atoms with Crippen LogP contribution in [0.1, 0.15) is 18.9 Å². The van der Waals surface area contributed by atoms with Gasteiger partial charge in [0.05, 0.1) is 19.2 Å². The van der Waals surface area contributed by atoms with Crippen LogP contribution in [0.5, 0.6) is 0 Å². The topological polar surface area (TPSA) is 51.2 Å². The summed E-state index contributed by atoms with van der Waals surface area (Å²) < 4.78 is 17.5. The Labute approximate surface area is 93.8 Å². The highest BCUT2D eigenvalue weighted by atomic mass is 19.1. The molecular formula is C11H15FN2O2. The summed E-state index contributed by atoms with van der Waals surface area (Å²) in [7, 11) is 0. The third-order valence-corrected chi connectivity index (χ3v) is 1.90. The van der Waals surface area contributed by atoms with Crippen LogP contribution in [-0.2, 0) is 16.1 Å². The first-order chi connectivity index (χ1) is 7.72. The van der Waals surface area contributed by atoms with E-state index >= 15 is 0 Å². The van der Waals surface area contributed by atoms with Gasteiger partial charge in [-0.2, -0.15) is 0 Å². The fraction of sp³-hybridized carbons (Fsp3) is 0.455. The number of esters is 1. The molecule has 0 aliphatic heterocycles. The van der Waals surface area contributed by atoms with Crippen LogP contribution in [0.4, 0.5) is 4.39 Å². The zero-order valence-electron chi connectivity index (χ0n) is 9.20. The molecule has 0 atom stereocenters. The summed E-state index contributed by atoms with van der Waals surface area (Å²) in [5, 5.41) is 3.01. The van der Waals surface area contributed by atoms with Crippen molar-refractivity contribution in [2.75, 3.05) is 13.2 Å². The van der Waals surface area contributed by atoms with Crippen LogP contribution in [0.25, 0.3) is 0 Å². The summed E-state index contributed by atoms with van der Waals surface area (Å²) in [6.07, 6.45) is 3.05. The number of nitrogens with one attached hydrogen (secondary N) is 1. The molecule has 0 spiro atoms. The molecule has 1 rings (SSSR count). The lowest BCUT2D eigenvalue weighted by Crippen LogP contribution is -2.19. The molecule has 1 N–H and O–H groups in total. The standard InChI is InChI=1S/C11H15FN2O2/c1-2-16-11(15)3-4-13-6-9-5-10(12)8-14-7-9/h5,7-8,13H,2-4,6H2,1H3. The molecule has 0 aliphatic rings. The van der Waals surface area contributed by atoms with E-state index in [1.165, 1.54) is 6.07 Å². The highest BCUT2D eigenvalue weighted by Gasteiger charge is 2.01. The van der Waals surface area contributed by atoms with Crippen molar-refractivity contribution in [2.45, 2.75) is 19.9 Å². The molecule has 0 radical (unpaired) electrons. The van der Waals surface area contributed by atoms with Gasteiger partial charge in [-0.1, -0.05) is 0 Å². The minimum absolute atomic E-state index is 0.229. The number of carbonyl (C=O) groups excluding carboxylic acids is 1. The second kappa shape index (κ2) is 6.90.